The number of aromatic nitrogens is 2. The topological polar surface area (TPSA) is 64.1 Å². The summed E-state index contributed by atoms with van der Waals surface area (Å²) in [6.45, 7) is 0. The van der Waals surface area contributed by atoms with Gasteiger partial charge in [-0.05, 0) is 47.9 Å². The van der Waals surface area contributed by atoms with Crippen LogP contribution in [-0.4, -0.2) is 23.0 Å². The fraction of sp³-hybridized carbons (Fsp3) is 0.0500. The zero-order chi connectivity index (χ0) is 17.2. The lowest BCUT2D eigenvalue weighted by atomic mass is 10.1. The first-order chi connectivity index (χ1) is 12.2. The molecule has 2 aromatic heterocycles. The highest BCUT2D eigenvalue weighted by Crippen LogP contribution is 2.28. The first-order valence-corrected chi connectivity index (χ1v) is 7.83. The number of amides is 1. The molecule has 25 heavy (non-hydrogen) atoms. The molecule has 5 heteroatoms. The molecular formula is C20H15N3O2. The highest BCUT2D eigenvalue weighted by Gasteiger charge is 2.09. The van der Waals surface area contributed by atoms with Gasteiger partial charge in [-0.2, -0.15) is 0 Å². The van der Waals surface area contributed by atoms with E-state index in [1.807, 2.05) is 42.6 Å². The normalized spacial score (nSPS) is 10.8. The quantitative estimate of drug-likeness (QED) is 0.576. The number of hydrogen-bond donors (Lipinski definition) is 1. The van der Waals surface area contributed by atoms with Crippen molar-refractivity contribution in [2.75, 3.05) is 12.4 Å². The lowest BCUT2D eigenvalue weighted by Crippen LogP contribution is -2.13. The highest BCUT2D eigenvalue weighted by atomic mass is 16.5. The molecule has 0 saturated carbocycles. The summed E-state index contributed by atoms with van der Waals surface area (Å²) in [6, 6.07) is 16.8. The van der Waals surface area contributed by atoms with Gasteiger partial charge >= 0.3 is 0 Å². The molecule has 0 bridgehead atoms. The summed E-state index contributed by atoms with van der Waals surface area (Å²) in [5.74, 6) is 0.554. The van der Waals surface area contributed by atoms with Crippen molar-refractivity contribution in [2.45, 2.75) is 0 Å². The van der Waals surface area contributed by atoms with Crippen LogP contribution >= 0.6 is 0 Å². The third-order valence-corrected chi connectivity index (χ3v) is 4.04. The fourth-order valence-corrected chi connectivity index (χ4v) is 2.80. The van der Waals surface area contributed by atoms with E-state index in [0.29, 0.717) is 11.4 Å². The Bertz CT molecular complexity index is 1080. The Hall–Kier alpha value is -3.47. The van der Waals surface area contributed by atoms with Gasteiger partial charge in [-0.1, -0.05) is 12.1 Å². The van der Waals surface area contributed by atoms with E-state index in [-0.39, 0.29) is 5.91 Å². The predicted octanol–water partition coefficient (Wildman–Crippen LogP) is 4.04. The number of ether oxygens (including phenoxy) is 1. The van der Waals surface area contributed by atoms with Gasteiger partial charge in [0, 0.05) is 28.9 Å². The number of benzene rings is 2. The average Bonchev–Trinajstić information content (AvgIpc) is 2.67. The second-order valence-corrected chi connectivity index (χ2v) is 5.61. The number of carbonyl (C=O) groups excluding carboxylic acids is 1. The van der Waals surface area contributed by atoms with Crippen LogP contribution in [0.4, 0.5) is 5.69 Å². The molecule has 0 saturated heterocycles. The third-order valence-electron chi connectivity index (χ3n) is 4.04. The number of pyridine rings is 2. The molecule has 122 valence electrons. The molecule has 4 aromatic rings. The molecular weight excluding hydrogens is 314 g/mol. The molecule has 0 aliphatic carbocycles. The molecule has 0 fully saturated rings. The minimum Gasteiger partial charge on any atom is -0.497 e. The molecule has 0 aliphatic rings. The molecule has 1 N–H and O–H groups in total. The van der Waals surface area contributed by atoms with Gasteiger partial charge in [0.25, 0.3) is 5.91 Å². The standard InChI is InChI=1S/C20H15N3O2/c1-25-15-6-8-16-13(10-15)12-22-19-11-14(5-7-17(16)19)23-20(24)18-4-2-3-9-21-18/h2-12H,1H3,(H,23,24). The highest BCUT2D eigenvalue weighted by molar-refractivity contribution is 6.08. The average molecular weight is 329 g/mol. The minimum atomic E-state index is -0.245. The largest absolute Gasteiger partial charge is 0.497 e. The second kappa shape index (κ2) is 6.20. The zero-order valence-corrected chi connectivity index (χ0v) is 13.6. The van der Waals surface area contributed by atoms with Gasteiger partial charge in [0.05, 0.1) is 12.6 Å². The Balaban J connectivity index is 1.71. The summed E-state index contributed by atoms with van der Waals surface area (Å²) < 4.78 is 5.26. The van der Waals surface area contributed by atoms with Crippen molar-refractivity contribution in [3.8, 4) is 5.75 Å². The lowest BCUT2D eigenvalue weighted by Gasteiger charge is -2.08. The Morgan fingerprint density at radius 3 is 2.68 bits per heavy atom. The van der Waals surface area contributed by atoms with Gasteiger partial charge in [-0.25, -0.2) is 0 Å². The summed E-state index contributed by atoms with van der Waals surface area (Å²) in [7, 11) is 1.65. The van der Waals surface area contributed by atoms with Crippen LogP contribution < -0.4 is 10.1 Å². The summed E-state index contributed by atoms with van der Waals surface area (Å²) in [5, 5.41) is 5.98. The van der Waals surface area contributed by atoms with Crippen molar-refractivity contribution in [3.63, 3.8) is 0 Å². The van der Waals surface area contributed by atoms with Gasteiger partial charge in [0.1, 0.15) is 11.4 Å². The molecule has 0 atom stereocenters. The summed E-state index contributed by atoms with van der Waals surface area (Å²) in [6.07, 6.45) is 3.40. The van der Waals surface area contributed by atoms with E-state index in [4.69, 9.17) is 4.74 Å². The van der Waals surface area contributed by atoms with Crippen LogP contribution in [0.15, 0.2) is 67.0 Å². The molecule has 0 unspecified atom stereocenters. The van der Waals surface area contributed by atoms with Crippen LogP contribution in [0.3, 0.4) is 0 Å². The van der Waals surface area contributed by atoms with Gasteiger partial charge in [0.2, 0.25) is 0 Å². The number of carbonyl (C=O) groups is 1. The van der Waals surface area contributed by atoms with E-state index in [9.17, 15) is 4.79 Å². The van der Waals surface area contributed by atoms with Crippen LogP contribution in [0.1, 0.15) is 10.5 Å². The molecule has 1 amide bonds. The van der Waals surface area contributed by atoms with Crippen molar-refractivity contribution >= 4 is 33.3 Å². The van der Waals surface area contributed by atoms with Crippen LogP contribution in [0.2, 0.25) is 0 Å². The van der Waals surface area contributed by atoms with Crippen LogP contribution in [-0.2, 0) is 0 Å². The Kier molecular flexibility index (Phi) is 3.74. The van der Waals surface area contributed by atoms with Crippen LogP contribution in [0.5, 0.6) is 5.75 Å². The zero-order valence-electron chi connectivity index (χ0n) is 13.6. The number of hydrogen-bond acceptors (Lipinski definition) is 4. The number of anilines is 1. The van der Waals surface area contributed by atoms with Crippen molar-refractivity contribution < 1.29 is 9.53 Å². The summed E-state index contributed by atoms with van der Waals surface area (Å²) in [5.41, 5.74) is 1.88. The first kappa shape index (κ1) is 15.1. The van der Waals surface area contributed by atoms with Crippen molar-refractivity contribution in [3.05, 3.63) is 72.7 Å². The van der Waals surface area contributed by atoms with E-state index in [0.717, 1.165) is 27.4 Å². The van der Waals surface area contributed by atoms with Crippen molar-refractivity contribution in [2.24, 2.45) is 0 Å². The maximum atomic E-state index is 12.2. The lowest BCUT2D eigenvalue weighted by molar-refractivity contribution is 0.102. The smallest absolute Gasteiger partial charge is 0.274 e. The Labute approximate surface area is 144 Å². The van der Waals surface area contributed by atoms with Crippen molar-refractivity contribution in [1.29, 1.82) is 0 Å². The van der Waals surface area contributed by atoms with Gasteiger partial charge in [-0.3, -0.25) is 14.8 Å². The van der Waals surface area contributed by atoms with E-state index < -0.39 is 0 Å². The maximum absolute atomic E-state index is 12.2. The fourth-order valence-electron chi connectivity index (χ4n) is 2.80. The van der Waals surface area contributed by atoms with E-state index in [1.54, 1.807) is 31.5 Å². The number of methoxy groups -OCH3 is 1. The molecule has 0 spiro atoms. The third kappa shape index (κ3) is 2.87. The molecule has 4 rings (SSSR count). The number of nitrogens with one attached hydrogen (secondary N) is 1. The Morgan fingerprint density at radius 1 is 1.00 bits per heavy atom. The summed E-state index contributed by atoms with van der Waals surface area (Å²) in [4.78, 5) is 20.8. The molecule has 0 radical (unpaired) electrons. The first-order valence-electron chi connectivity index (χ1n) is 7.83. The maximum Gasteiger partial charge on any atom is 0.274 e. The second-order valence-electron chi connectivity index (χ2n) is 5.61. The number of rotatable bonds is 3. The van der Waals surface area contributed by atoms with Crippen LogP contribution in [0, 0.1) is 0 Å². The minimum absolute atomic E-state index is 0.245. The van der Waals surface area contributed by atoms with Crippen molar-refractivity contribution in [1.82, 2.24) is 9.97 Å². The van der Waals surface area contributed by atoms with Gasteiger partial charge < -0.3 is 10.1 Å². The molecule has 0 aliphatic heterocycles. The van der Waals surface area contributed by atoms with Crippen LogP contribution in [0.25, 0.3) is 21.7 Å². The number of nitrogens with zero attached hydrogens (tertiary/aromatic N) is 2. The number of fused-ring (bicyclic) bond motifs is 3. The van der Waals surface area contributed by atoms with E-state index in [2.05, 4.69) is 15.3 Å². The van der Waals surface area contributed by atoms with Gasteiger partial charge in [-0.15, -0.1) is 0 Å². The molecule has 2 aromatic carbocycles. The van der Waals surface area contributed by atoms with E-state index >= 15 is 0 Å². The predicted molar refractivity (Wildman–Crippen MR) is 98.0 cm³/mol. The van der Waals surface area contributed by atoms with Gasteiger partial charge in [0.15, 0.2) is 0 Å². The molecule has 5 nitrogen and oxygen atoms in total. The van der Waals surface area contributed by atoms with E-state index in [1.165, 1.54) is 0 Å². The SMILES string of the molecule is COc1ccc2c(cnc3cc(NC(=O)c4ccccn4)ccc32)c1. The monoisotopic (exact) mass is 329 g/mol. The Morgan fingerprint density at radius 2 is 1.88 bits per heavy atom. The molecule has 2 heterocycles. The summed E-state index contributed by atoms with van der Waals surface area (Å²) >= 11 is 0.